The average Bonchev–Trinajstić information content (AvgIpc) is 2.72. The molecular formula is C15H8Br2N2O3. The van der Waals surface area contributed by atoms with Gasteiger partial charge in [-0.15, -0.1) is 0 Å². The van der Waals surface area contributed by atoms with Crippen LogP contribution in [0.15, 0.2) is 51.4 Å². The van der Waals surface area contributed by atoms with Gasteiger partial charge >= 0.3 is 0 Å². The lowest BCUT2D eigenvalue weighted by Crippen LogP contribution is -2.45. The number of nitrogens with one attached hydrogen (secondary N) is 1. The van der Waals surface area contributed by atoms with Crippen LogP contribution in [0.1, 0.15) is 31.1 Å². The van der Waals surface area contributed by atoms with Gasteiger partial charge in [-0.25, -0.2) is 0 Å². The van der Waals surface area contributed by atoms with Crippen molar-refractivity contribution in [2.45, 2.75) is 0 Å². The molecule has 110 valence electrons. The fourth-order valence-electron chi connectivity index (χ4n) is 2.12. The zero-order valence-corrected chi connectivity index (χ0v) is 14.1. The van der Waals surface area contributed by atoms with E-state index >= 15 is 0 Å². The number of imide groups is 1. The summed E-state index contributed by atoms with van der Waals surface area (Å²) in [4.78, 5) is 36.7. The van der Waals surface area contributed by atoms with Crippen LogP contribution in [0.4, 0.5) is 0 Å². The normalized spacial score (nSPS) is 13.3. The summed E-state index contributed by atoms with van der Waals surface area (Å²) >= 11 is 6.51. The van der Waals surface area contributed by atoms with Gasteiger partial charge in [-0.1, -0.05) is 28.1 Å². The second-order valence-corrected chi connectivity index (χ2v) is 6.33. The molecule has 2 aromatic carbocycles. The highest BCUT2D eigenvalue weighted by Crippen LogP contribution is 2.25. The Kier molecular flexibility index (Phi) is 3.84. The third-order valence-electron chi connectivity index (χ3n) is 3.18. The Morgan fingerprint density at radius 3 is 2.36 bits per heavy atom. The van der Waals surface area contributed by atoms with Crippen LogP contribution in [-0.2, 0) is 0 Å². The average molecular weight is 424 g/mol. The van der Waals surface area contributed by atoms with E-state index in [-0.39, 0.29) is 11.1 Å². The highest BCUT2D eigenvalue weighted by molar-refractivity contribution is 9.10. The molecule has 0 aromatic heterocycles. The van der Waals surface area contributed by atoms with Crippen molar-refractivity contribution < 1.29 is 14.4 Å². The van der Waals surface area contributed by atoms with Crippen LogP contribution in [0.3, 0.4) is 0 Å². The first-order valence-electron chi connectivity index (χ1n) is 6.23. The summed E-state index contributed by atoms with van der Waals surface area (Å²) in [7, 11) is 0. The molecule has 0 unspecified atom stereocenters. The summed E-state index contributed by atoms with van der Waals surface area (Å²) in [5.41, 5.74) is 3.21. The molecule has 1 N–H and O–H groups in total. The van der Waals surface area contributed by atoms with E-state index in [2.05, 4.69) is 37.3 Å². The fraction of sp³-hybridized carbons (Fsp3) is 0. The second kappa shape index (κ2) is 5.66. The number of fused-ring (bicyclic) bond motifs is 1. The lowest BCUT2D eigenvalue weighted by molar-refractivity contribution is 0.0518. The lowest BCUT2D eigenvalue weighted by atomic mass is 10.1. The quantitative estimate of drug-likeness (QED) is 0.754. The molecule has 22 heavy (non-hydrogen) atoms. The third-order valence-corrected chi connectivity index (χ3v) is 4.37. The SMILES string of the molecule is O=C(NN1C(=O)c2ccc(Br)cc2C1=O)c1ccccc1Br. The van der Waals surface area contributed by atoms with Gasteiger partial charge in [-0.2, -0.15) is 5.01 Å². The van der Waals surface area contributed by atoms with E-state index in [1.54, 1.807) is 42.5 Å². The summed E-state index contributed by atoms with van der Waals surface area (Å²) in [6, 6.07) is 11.5. The summed E-state index contributed by atoms with van der Waals surface area (Å²) in [5.74, 6) is -1.64. The van der Waals surface area contributed by atoms with Gasteiger partial charge in [0.15, 0.2) is 0 Å². The smallest absolute Gasteiger partial charge is 0.267 e. The Morgan fingerprint density at radius 1 is 0.955 bits per heavy atom. The van der Waals surface area contributed by atoms with E-state index in [0.717, 1.165) is 5.01 Å². The number of nitrogens with zero attached hydrogens (tertiary/aromatic N) is 1. The van der Waals surface area contributed by atoms with Crippen molar-refractivity contribution in [3.63, 3.8) is 0 Å². The summed E-state index contributed by atoms with van der Waals surface area (Å²) in [6.07, 6.45) is 0. The predicted octanol–water partition coefficient (Wildman–Crippen LogP) is 3.15. The van der Waals surface area contributed by atoms with Gasteiger partial charge < -0.3 is 0 Å². The number of carbonyl (C=O) groups excluding carboxylic acids is 3. The van der Waals surface area contributed by atoms with E-state index < -0.39 is 17.7 Å². The number of amides is 3. The van der Waals surface area contributed by atoms with Gasteiger partial charge in [0.2, 0.25) is 0 Å². The first-order valence-corrected chi connectivity index (χ1v) is 7.81. The molecule has 0 saturated heterocycles. The van der Waals surface area contributed by atoms with E-state index in [4.69, 9.17) is 0 Å². The summed E-state index contributed by atoms with van der Waals surface area (Å²) in [6.45, 7) is 0. The number of hydrogen-bond donors (Lipinski definition) is 1. The van der Waals surface area contributed by atoms with Crippen molar-refractivity contribution in [1.82, 2.24) is 10.4 Å². The maximum atomic E-state index is 12.3. The molecule has 0 radical (unpaired) electrons. The molecular weight excluding hydrogens is 416 g/mol. The van der Waals surface area contributed by atoms with E-state index in [0.29, 0.717) is 14.5 Å². The standard InChI is InChI=1S/C15H8Br2N2O3/c16-8-5-6-9-11(7-8)15(22)19(14(9)21)18-13(20)10-3-1-2-4-12(10)17/h1-7H,(H,18,20). The van der Waals surface area contributed by atoms with Gasteiger partial charge in [0.1, 0.15) is 0 Å². The van der Waals surface area contributed by atoms with Gasteiger partial charge in [0.25, 0.3) is 17.7 Å². The van der Waals surface area contributed by atoms with Crippen LogP contribution in [0, 0.1) is 0 Å². The van der Waals surface area contributed by atoms with Crippen molar-refractivity contribution in [3.05, 3.63) is 68.1 Å². The molecule has 1 heterocycles. The largest absolute Gasteiger partial charge is 0.280 e. The minimum absolute atomic E-state index is 0.256. The highest BCUT2D eigenvalue weighted by Gasteiger charge is 2.37. The molecule has 0 spiro atoms. The minimum atomic E-state index is -0.554. The van der Waals surface area contributed by atoms with Crippen molar-refractivity contribution >= 4 is 49.6 Å². The maximum Gasteiger partial charge on any atom is 0.280 e. The van der Waals surface area contributed by atoms with Gasteiger partial charge in [0, 0.05) is 8.95 Å². The van der Waals surface area contributed by atoms with E-state index in [9.17, 15) is 14.4 Å². The van der Waals surface area contributed by atoms with Crippen LogP contribution in [0.5, 0.6) is 0 Å². The number of rotatable bonds is 2. The topological polar surface area (TPSA) is 66.5 Å². The molecule has 3 rings (SSSR count). The Hall–Kier alpha value is -1.99. The van der Waals surface area contributed by atoms with Gasteiger partial charge in [0.05, 0.1) is 16.7 Å². The van der Waals surface area contributed by atoms with Gasteiger partial charge in [-0.05, 0) is 46.3 Å². The number of carbonyl (C=O) groups is 3. The predicted molar refractivity (Wildman–Crippen MR) is 86.3 cm³/mol. The van der Waals surface area contributed by atoms with Crippen molar-refractivity contribution in [1.29, 1.82) is 0 Å². The maximum absolute atomic E-state index is 12.3. The van der Waals surface area contributed by atoms with Crippen LogP contribution in [0.2, 0.25) is 0 Å². The third kappa shape index (κ3) is 2.46. The number of hydrazine groups is 1. The van der Waals surface area contributed by atoms with Crippen LogP contribution in [-0.4, -0.2) is 22.7 Å². The van der Waals surface area contributed by atoms with Crippen LogP contribution >= 0.6 is 31.9 Å². The summed E-state index contributed by atoms with van der Waals surface area (Å²) in [5, 5.41) is 0.735. The molecule has 0 saturated carbocycles. The monoisotopic (exact) mass is 422 g/mol. The Morgan fingerprint density at radius 2 is 1.64 bits per heavy atom. The molecule has 0 bridgehead atoms. The fourth-order valence-corrected chi connectivity index (χ4v) is 2.95. The molecule has 0 aliphatic carbocycles. The van der Waals surface area contributed by atoms with Crippen LogP contribution < -0.4 is 5.43 Å². The molecule has 1 aliphatic rings. The molecule has 1 aliphatic heterocycles. The lowest BCUT2D eigenvalue weighted by Gasteiger charge is -2.15. The van der Waals surface area contributed by atoms with Crippen molar-refractivity contribution in [2.24, 2.45) is 0 Å². The van der Waals surface area contributed by atoms with Gasteiger partial charge in [-0.3, -0.25) is 19.8 Å². The van der Waals surface area contributed by atoms with Crippen LogP contribution in [0.25, 0.3) is 0 Å². The molecule has 5 nitrogen and oxygen atoms in total. The molecule has 2 aromatic rings. The zero-order chi connectivity index (χ0) is 15.9. The first-order chi connectivity index (χ1) is 10.5. The Labute approximate surface area is 142 Å². The molecule has 3 amide bonds. The number of benzene rings is 2. The van der Waals surface area contributed by atoms with Crippen molar-refractivity contribution in [3.8, 4) is 0 Å². The van der Waals surface area contributed by atoms with E-state index in [1.165, 1.54) is 0 Å². The number of hydrogen-bond acceptors (Lipinski definition) is 3. The van der Waals surface area contributed by atoms with E-state index in [1.807, 2.05) is 0 Å². The second-order valence-electron chi connectivity index (χ2n) is 4.56. The first kappa shape index (κ1) is 14.9. The molecule has 7 heteroatoms. The molecule has 0 atom stereocenters. The number of halogens is 2. The summed E-state index contributed by atoms with van der Waals surface area (Å²) < 4.78 is 1.26. The highest BCUT2D eigenvalue weighted by atomic mass is 79.9. The minimum Gasteiger partial charge on any atom is -0.267 e. The Balaban J connectivity index is 1.89. The van der Waals surface area contributed by atoms with Crippen molar-refractivity contribution in [2.75, 3.05) is 0 Å². The molecule has 0 fully saturated rings. The Bertz CT molecular complexity index is 820. The zero-order valence-electron chi connectivity index (χ0n) is 11.0.